The summed E-state index contributed by atoms with van der Waals surface area (Å²) in [6.07, 6.45) is 0. The molecule has 13 rings (SSSR count). The van der Waals surface area contributed by atoms with Gasteiger partial charge in [0.1, 0.15) is 0 Å². The molecule has 0 unspecified atom stereocenters. The highest BCUT2D eigenvalue weighted by Crippen LogP contribution is 2.42. The molecule has 9 aromatic carbocycles. The van der Waals surface area contributed by atoms with Crippen LogP contribution in [0.4, 0.5) is 0 Å². The van der Waals surface area contributed by atoms with E-state index in [1.165, 1.54) is 41.8 Å². The largest absolute Gasteiger partial charge is 0.307 e. The Bertz CT molecular complexity index is 3920. The van der Waals surface area contributed by atoms with E-state index in [2.05, 4.69) is 215 Å². The zero-order valence-electron chi connectivity index (χ0n) is 33.9. The molecule has 0 atom stereocenters. The van der Waals surface area contributed by atoms with Crippen molar-refractivity contribution in [3.63, 3.8) is 0 Å². The lowest BCUT2D eigenvalue weighted by atomic mass is 9.99. The molecule has 13 aromatic rings. The molecule has 0 bridgehead atoms. The number of fused-ring (bicyclic) bond motifs is 9. The van der Waals surface area contributed by atoms with E-state index in [0.29, 0.717) is 17.5 Å². The van der Waals surface area contributed by atoms with Crippen molar-refractivity contribution >= 4 is 75.1 Å². The first kappa shape index (κ1) is 35.6. The minimum atomic E-state index is 0.615. The van der Waals surface area contributed by atoms with Crippen LogP contribution < -0.4 is 0 Å². The number of hydrogen-bond acceptors (Lipinski definition) is 4. The Balaban J connectivity index is 1.07. The number of para-hydroxylation sites is 4. The van der Waals surface area contributed by atoms with E-state index in [-0.39, 0.29) is 0 Å². The molecular formula is C57H35N5S. The number of thiophene rings is 1. The van der Waals surface area contributed by atoms with Gasteiger partial charge >= 0.3 is 0 Å². The zero-order valence-corrected chi connectivity index (χ0v) is 34.7. The van der Waals surface area contributed by atoms with Crippen molar-refractivity contribution in [1.29, 1.82) is 0 Å². The van der Waals surface area contributed by atoms with E-state index >= 15 is 0 Å². The fourth-order valence-corrected chi connectivity index (χ4v) is 10.7. The number of rotatable bonds is 6. The molecule has 0 fully saturated rings. The molecule has 6 heteroatoms. The van der Waals surface area contributed by atoms with E-state index in [4.69, 9.17) is 15.0 Å². The Morgan fingerprint density at radius 1 is 0.317 bits per heavy atom. The second kappa shape index (κ2) is 14.2. The highest BCUT2D eigenvalue weighted by atomic mass is 32.1. The van der Waals surface area contributed by atoms with Crippen LogP contribution in [-0.4, -0.2) is 24.1 Å². The molecule has 0 saturated carbocycles. The van der Waals surface area contributed by atoms with Gasteiger partial charge in [0.2, 0.25) is 0 Å². The van der Waals surface area contributed by atoms with Crippen molar-refractivity contribution < 1.29 is 0 Å². The molecule has 0 radical (unpaired) electrons. The summed E-state index contributed by atoms with van der Waals surface area (Å²) in [6, 6.07) is 75.6. The fraction of sp³-hybridized carbons (Fsp3) is 0. The summed E-state index contributed by atoms with van der Waals surface area (Å²) in [5, 5.41) is 7.27. The van der Waals surface area contributed by atoms with E-state index in [0.717, 1.165) is 61.1 Å². The summed E-state index contributed by atoms with van der Waals surface area (Å²) in [7, 11) is 0. The maximum absolute atomic E-state index is 5.35. The summed E-state index contributed by atoms with van der Waals surface area (Å²) in [5.74, 6) is 1.88. The number of nitrogens with zero attached hydrogens (tertiary/aromatic N) is 5. The monoisotopic (exact) mass is 821 g/mol. The summed E-state index contributed by atoms with van der Waals surface area (Å²) in [4.78, 5) is 15.9. The molecule has 0 amide bonds. The van der Waals surface area contributed by atoms with Gasteiger partial charge in [-0.1, -0.05) is 164 Å². The molecule has 63 heavy (non-hydrogen) atoms. The average molecular weight is 822 g/mol. The highest BCUT2D eigenvalue weighted by Gasteiger charge is 2.22. The van der Waals surface area contributed by atoms with Crippen molar-refractivity contribution in [2.24, 2.45) is 0 Å². The normalized spacial score (nSPS) is 11.8. The molecular weight excluding hydrogens is 787 g/mol. The van der Waals surface area contributed by atoms with Crippen molar-refractivity contribution in [1.82, 2.24) is 24.1 Å². The van der Waals surface area contributed by atoms with Crippen LogP contribution in [0, 0.1) is 0 Å². The van der Waals surface area contributed by atoms with Gasteiger partial charge < -0.3 is 9.13 Å². The molecule has 4 heterocycles. The summed E-state index contributed by atoms with van der Waals surface area (Å²) in [6.45, 7) is 0. The smallest absolute Gasteiger partial charge is 0.164 e. The Morgan fingerprint density at radius 2 is 0.857 bits per heavy atom. The molecule has 0 aliphatic rings. The lowest BCUT2D eigenvalue weighted by Crippen LogP contribution is -2.02. The van der Waals surface area contributed by atoms with Crippen LogP contribution in [0.2, 0.25) is 0 Å². The average Bonchev–Trinajstić information content (AvgIpc) is 4.02. The Kier molecular flexibility index (Phi) is 8.01. The van der Waals surface area contributed by atoms with Gasteiger partial charge in [0.15, 0.2) is 17.5 Å². The van der Waals surface area contributed by atoms with E-state index in [1.807, 2.05) is 6.07 Å². The van der Waals surface area contributed by atoms with Gasteiger partial charge in [-0.05, 0) is 59.7 Å². The third-order valence-corrected chi connectivity index (χ3v) is 13.5. The van der Waals surface area contributed by atoms with Crippen molar-refractivity contribution in [3.8, 4) is 56.7 Å². The summed E-state index contributed by atoms with van der Waals surface area (Å²) >= 11 is 1.80. The first-order chi connectivity index (χ1) is 31.2. The van der Waals surface area contributed by atoms with Crippen molar-refractivity contribution in [3.05, 3.63) is 212 Å². The predicted molar refractivity (Wildman–Crippen MR) is 263 cm³/mol. The van der Waals surface area contributed by atoms with Crippen LogP contribution in [-0.2, 0) is 0 Å². The summed E-state index contributed by atoms with van der Waals surface area (Å²) < 4.78 is 7.31. The first-order valence-corrected chi connectivity index (χ1v) is 22.0. The highest BCUT2D eigenvalue weighted by molar-refractivity contribution is 7.25. The van der Waals surface area contributed by atoms with Crippen LogP contribution >= 0.6 is 11.3 Å². The van der Waals surface area contributed by atoms with Gasteiger partial charge in [0.05, 0.1) is 27.8 Å². The standard InChI is InChI=1S/C57H35N5S/c1-3-16-36(17-4-1)40-20-7-8-24-47(40)57-59-55(58-56(60-57)38-31-33-45-44-23-11-14-29-52(44)63-53(45)35-38)37-30-32-43-41-21-9-13-27-49(41)62(51(43)34-37)50-28-15-25-46-42-22-10-12-26-48(42)61(54(46)50)39-18-5-2-6-19-39/h1-35H. The Hall–Kier alpha value is -8.19. The lowest BCUT2D eigenvalue weighted by Gasteiger charge is -2.15. The maximum Gasteiger partial charge on any atom is 0.164 e. The fourth-order valence-electron chi connectivity index (χ4n) is 9.56. The number of hydrogen-bond donors (Lipinski definition) is 0. The van der Waals surface area contributed by atoms with Gasteiger partial charge in [-0.3, -0.25) is 0 Å². The topological polar surface area (TPSA) is 48.5 Å². The summed E-state index contributed by atoms with van der Waals surface area (Å²) in [5.41, 5.74) is 11.7. The van der Waals surface area contributed by atoms with Crippen LogP contribution in [0.15, 0.2) is 212 Å². The second-order valence-corrected chi connectivity index (χ2v) is 17.1. The van der Waals surface area contributed by atoms with Crippen LogP contribution in [0.25, 0.3) is 120 Å². The van der Waals surface area contributed by atoms with E-state index in [9.17, 15) is 0 Å². The molecule has 0 spiro atoms. The van der Waals surface area contributed by atoms with Gasteiger partial charge in [-0.2, -0.15) is 0 Å². The lowest BCUT2D eigenvalue weighted by molar-refractivity contribution is 1.07. The Labute approximate surface area is 366 Å². The zero-order chi connectivity index (χ0) is 41.4. The van der Waals surface area contributed by atoms with Gasteiger partial charge in [0, 0.05) is 64.1 Å². The SMILES string of the molecule is c1ccc(-c2ccccc2-c2nc(-c3ccc4c(c3)sc3ccccc34)nc(-c3ccc4c5ccccc5n(-c5cccc6c7ccccc7n(-c7ccccc7)c56)c4c3)n2)cc1. The van der Waals surface area contributed by atoms with Crippen LogP contribution in [0.5, 0.6) is 0 Å². The molecule has 0 N–H and O–H groups in total. The molecule has 0 aliphatic heterocycles. The molecule has 294 valence electrons. The quantitative estimate of drug-likeness (QED) is 0.168. The third kappa shape index (κ3) is 5.66. The molecule has 0 saturated heterocycles. The maximum atomic E-state index is 5.35. The van der Waals surface area contributed by atoms with Crippen LogP contribution in [0.3, 0.4) is 0 Å². The molecule has 4 aromatic heterocycles. The van der Waals surface area contributed by atoms with E-state index in [1.54, 1.807) is 11.3 Å². The second-order valence-electron chi connectivity index (χ2n) is 16.0. The van der Waals surface area contributed by atoms with Gasteiger partial charge in [0.25, 0.3) is 0 Å². The molecule has 5 nitrogen and oxygen atoms in total. The van der Waals surface area contributed by atoms with Gasteiger partial charge in [-0.15, -0.1) is 11.3 Å². The number of aromatic nitrogens is 5. The third-order valence-electron chi connectivity index (χ3n) is 12.4. The number of benzene rings is 9. The minimum absolute atomic E-state index is 0.615. The van der Waals surface area contributed by atoms with Crippen molar-refractivity contribution in [2.45, 2.75) is 0 Å². The molecule has 0 aliphatic carbocycles. The Morgan fingerprint density at radius 3 is 1.63 bits per heavy atom. The minimum Gasteiger partial charge on any atom is -0.307 e. The van der Waals surface area contributed by atoms with Crippen LogP contribution in [0.1, 0.15) is 0 Å². The first-order valence-electron chi connectivity index (χ1n) is 21.2. The van der Waals surface area contributed by atoms with Crippen molar-refractivity contribution in [2.75, 3.05) is 0 Å². The van der Waals surface area contributed by atoms with Gasteiger partial charge in [-0.25, -0.2) is 15.0 Å². The predicted octanol–water partition coefficient (Wildman–Crippen LogP) is 15.1. The van der Waals surface area contributed by atoms with E-state index < -0.39 is 0 Å².